The maximum Gasteiger partial charge on any atom is 0.0142 e. The van der Waals surface area contributed by atoms with Crippen LogP contribution in [0.25, 0.3) is 0 Å². The Bertz CT molecular complexity index is 110. The van der Waals surface area contributed by atoms with Gasteiger partial charge in [0.25, 0.3) is 0 Å². The Morgan fingerprint density at radius 3 is 2.82 bits per heavy atom. The topological polar surface area (TPSA) is 15.3 Å². The number of piperidine rings is 1. The molecule has 2 atom stereocenters. The van der Waals surface area contributed by atoms with Gasteiger partial charge in [0, 0.05) is 6.04 Å². The van der Waals surface area contributed by atoms with Crippen LogP contribution < -0.4 is 5.32 Å². The van der Waals surface area contributed by atoms with Gasteiger partial charge in [-0.25, -0.2) is 0 Å². The summed E-state index contributed by atoms with van der Waals surface area (Å²) in [6.45, 7) is 8.13. The molecule has 1 aliphatic rings. The molecule has 0 bridgehead atoms. The van der Waals surface area contributed by atoms with Crippen LogP contribution in [0.1, 0.15) is 20.3 Å². The van der Waals surface area contributed by atoms with Crippen molar-refractivity contribution in [3.8, 4) is 0 Å². The SMILES string of the molecule is CCN(C)C1CCNCC1C. The molecule has 1 rings (SSSR count). The number of hydrogen-bond acceptors (Lipinski definition) is 2. The highest BCUT2D eigenvalue weighted by molar-refractivity contribution is 4.80. The number of hydrogen-bond donors (Lipinski definition) is 1. The predicted octanol–water partition coefficient (Wildman–Crippen LogP) is 0.936. The number of nitrogens with one attached hydrogen (secondary N) is 1. The lowest BCUT2D eigenvalue weighted by Crippen LogP contribution is -2.46. The molecular formula is C9H20N2. The molecule has 1 N–H and O–H groups in total. The Morgan fingerprint density at radius 2 is 2.27 bits per heavy atom. The van der Waals surface area contributed by atoms with Crippen LogP contribution in [0.2, 0.25) is 0 Å². The first-order valence-electron chi connectivity index (χ1n) is 4.66. The molecule has 1 aliphatic heterocycles. The first kappa shape index (κ1) is 9.01. The van der Waals surface area contributed by atoms with Gasteiger partial charge < -0.3 is 10.2 Å². The second-order valence-electron chi connectivity index (χ2n) is 3.61. The summed E-state index contributed by atoms with van der Waals surface area (Å²) in [6.07, 6.45) is 1.31. The molecule has 0 amide bonds. The minimum Gasteiger partial charge on any atom is -0.316 e. The fourth-order valence-electron chi connectivity index (χ4n) is 1.89. The van der Waals surface area contributed by atoms with Crippen molar-refractivity contribution in [2.24, 2.45) is 5.92 Å². The lowest BCUT2D eigenvalue weighted by molar-refractivity contribution is 0.155. The second kappa shape index (κ2) is 4.07. The van der Waals surface area contributed by atoms with Crippen LogP contribution >= 0.6 is 0 Å². The highest BCUT2D eigenvalue weighted by Gasteiger charge is 2.23. The Kier molecular flexibility index (Phi) is 3.34. The van der Waals surface area contributed by atoms with E-state index in [1.807, 2.05) is 0 Å². The molecule has 2 unspecified atom stereocenters. The number of rotatable bonds is 2. The van der Waals surface area contributed by atoms with Crippen LogP contribution in [0.3, 0.4) is 0 Å². The summed E-state index contributed by atoms with van der Waals surface area (Å²) in [7, 11) is 2.23. The molecule has 2 heteroatoms. The van der Waals surface area contributed by atoms with Crippen molar-refractivity contribution >= 4 is 0 Å². The van der Waals surface area contributed by atoms with E-state index < -0.39 is 0 Å². The minimum absolute atomic E-state index is 0.807. The molecule has 0 spiro atoms. The quantitative estimate of drug-likeness (QED) is 0.640. The Morgan fingerprint density at radius 1 is 1.55 bits per heavy atom. The monoisotopic (exact) mass is 156 g/mol. The summed E-state index contributed by atoms with van der Waals surface area (Å²) < 4.78 is 0. The molecule has 0 aromatic carbocycles. The van der Waals surface area contributed by atoms with Crippen LogP contribution in [0.4, 0.5) is 0 Å². The minimum atomic E-state index is 0.807. The van der Waals surface area contributed by atoms with E-state index in [0.29, 0.717) is 0 Å². The summed E-state index contributed by atoms with van der Waals surface area (Å²) >= 11 is 0. The second-order valence-corrected chi connectivity index (χ2v) is 3.61. The van der Waals surface area contributed by atoms with E-state index in [-0.39, 0.29) is 0 Å². The van der Waals surface area contributed by atoms with Gasteiger partial charge in [-0.1, -0.05) is 13.8 Å². The number of nitrogens with zero attached hydrogens (tertiary/aromatic N) is 1. The first-order valence-corrected chi connectivity index (χ1v) is 4.66. The molecule has 1 saturated heterocycles. The van der Waals surface area contributed by atoms with Gasteiger partial charge in [-0.05, 0) is 39.0 Å². The molecular weight excluding hydrogens is 136 g/mol. The molecule has 1 fully saturated rings. The highest BCUT2D eigenvalue weighted by atomic mass is 15.1. The van der Waals surface area contributed by atoms with Gasteiger partial charge in [-0.3, -0.25) is 0 Å². The van der Waals surface area contributed by atoms with Crippen LogP contribution in [0.5, 0.6) is 0 Å². The molecule has 66 valence electrons. The molecule has 11 heavy (non-hydrogen) atoms. The molecule has 1 heterocycles. The van der Waals surface area contributed by atoms with Crippen LogP contribution in [0, 0.1) is 5.92 Å². The van der Waals surface area contributed by atoms with Gasteiger partial charge in [0.05, 0.1) is 0 Å². The van der Waals surface area contributed by atoms with Crippen molar-refractivity contribution in [2.75, 3.05) is 26.7 Å². The molecule has 0 aromatic rings. The van der Waals surface area contributed by atoms with Crippen LogP contribution in [-0.4, -0.2) is 37.6 Å². The predicted molar refractivity (Wildman–Crippen MR) is 48.7 cm³/mol. The van der Waals surface area contributed by atoms with Crippen LogP contribution in [-0.2, 0) is 0 Å². The van der Waals surface area contributed by atoms with E-state index in [1.165, 1.54) is 26.1 Å². The van der Waals surface area contributed by atoms with Crippen LogP contribution in [0.15, 0.2) is 0 Å². The zero-order valence-corrected chi connectivity index (χ0v) is 7.93. The Balaban J connectivity index is 2.40. The van der Waals surface area contributed by atoms with Gasteiger partial charge >= 0.3 is 0 Å². The lowest BCUT2D eigenvalue weighted by atomic mass is 9.94. The van der Waals surface area contributed by atoms with E-state index in [1.54, 1.807) is 0 Å². The van der Waals surface area contributed by atoms with Gasteiger partial charge in [0.2, 0.25) is 0 Å². The first-order chi connectivity index (χ1) is 5.25. The Hall–Kier alpha value is -0.0800. The smallest absolute Gasteiger partial charge is 0.0142 e. The third-order valence-corrected chi connectivity index (χ3v) is 2.80. The van der Waals surface area contributed by atoms with Crippen molar-refractivity contribution in [2.45, 2.75) is 26.3 Å². The highest BCUT2D eigenvalue weighted by Crippen LogP contribution is 2.15. The maximum absolute atomic E-state index is 3.42. The van der Waals surface area contributed by atoms with Crippen molar-refractivity contribution in [1.82, 2.24) is 10.2 Å². The third-order valence-electron chi connectivity index (χ3n) is 2.80. The van der Waals surface area contributed by atoms with E-state index in [0.717, 1.165) is 12.0 Å². The molecule has 2 nitrogen and oxygen atoms in total. The maximum atomic E-state index is 3.42. The molecule has 0 radical (unpaired) electrons. The van der Waals surface area contributed by atoms with E-state index >= 15 is 0 Å². The average molecular weight is 156 g/mol. The summed E-state index contributed by atoms with van der Waals surface area (Å²) in [5, 5.41) is 3.42. The van der Waals surface area contributed by atoms with Gasteiger partial charge in [0.1, 0.15) is 0 Å². The van der Waals surface area contributed by atoms with E-state index in [2.05, 4.69) is 31.1 Å². The summed E-state index contributed by atoms with van der Waals surface area (Å²) in [6, 6.07) is 0.807. The fraction of sp³-hybridized carbons (Fsp3) is 1.00. The van der Waals surface area contributed by atoms with Gasteiger partial charge in [-0.2, -0.15) is 0 Å². The van der Waals surface area contributed by atoms with Crippen molar-refractivity contribution in [1.29, 1.82) is 0 Å². The normalized spacial score (nSPS) is 32.7. The fourth-order valence-corrected chi connectivity index (χ4v) is 1.89. The summed E-state index contributed by atoms with van der Waals surface area (Å²) in [5.41, 5.74) is 0. The Labute approximate surface area is 70.0 Å². The van der Waals surface area contributed by atoms with E-state index in [4.69, 9.17) is 0 Å². The largest absolute Gasteiger partial charge is 0.316 e. The zero-order chi connectivity index (χ0) is 8.27. The van der Waals surface area contributed by atoms with Crippen molar-refractivity contribution in [3.63, 3.8) is 0 Å². The summed E-state index contributed by atoms with van der Waals surface area (Å²) in [5.74, 6) is 0.814. The van der Waals surface area contributed by atoms with Crippen molar-refractivity contribution < 1.29 is 0 Å². The third kappa shape index (κ3) is 2.17. The average Bonchev–Trinajstić information content (AvgIpc) is 2.04. The molecule has 0 saturated carbocycles. The van der Waals surface area contributed by atoms with Gasteiger partial charge in [-0.15, -0.1) is 0 Å². The molecule has 0 aliphatic carbocycles. The van der Waals surface area contributed by atoms with Crippen molar-refractivity contribution in [3.05, 3.63) is 0 Å². The summed E-state index contributed by atoms with van der Waals surface area (Å²) in [4.78, 5) is 2.46. The zero-order valence-electron chi connectivity index (χ0n) is 7.93. The van der Waals surface area contributed by atoms with E-state index in [9.17, 15) is 0 Å². The van der Waals surface area contributed by atoms with Gasteiger partial charge in [0.15, 0.2) is 0 Å². The lowest BCUT2D eigenvalue weighted by Gasteiger charge is -2.36. The standard InChI is InChI=1S/C9H20N2/c1-4-11(3)9-5-6-10-7-8(9)2/h8-10H,4-7H2,1-3H3. The molecule has 0 aromatic heterocycles.